The van der Waals surface area contributed by atoms with Crippen LogP contribution < -0.4 is 0 Å². The van der Waals surface area contributed by atoms with E-state index >= 15 is 0 Å². The van der Waals surface area contributed by atoms with Gasteiger partial charge >= 0.3 is 12.3 Å². The monoisotopic (exact) mass is 368 g/mol. The molecule has 84 valence electrons. The normalized spacial score (nSPS) is 12.2. The first-order valence-electron chi connectivity index (χ1n) is 3.42. The highest BCUT2D eigenvalue weighted by Gasteiger charge is 2.49. The van der Waals surface area contributed by atoms with Crippen molar-refractivity contribution in [1.82, 2.24) is 0 Å². The minimum Gasteiger partial charge on any atom is -0.287 e. The van der Waals surface area contributed by atoms with Gasteiger partial charge in [-0.1, -0.05) is 0 Å². The number of rotatable bonds is 3. The lowest BCUT2D eigenvalue weighted by Gasteiger charge is -2.12. The van der Waals surface area contributed by atoms with E-state index < -0.39 is 23.7 Å². The first-order chi connectivity index (χ1) is 6.76. The zero-order valence-electron chi connectivity index (χ0n) is 6.74. The Morgan fingerprint density at radius 1 is 1.40 bits per heavy atom. The third-order valence-corrected chi connectivity index (χ3v) is 3.82. The molecule has 0 radical (unpaired) electrons. The van der Waals surface area contributed by atoms with Gasteiger partial charge in [0.25, 0.3) is 0 Å². The van der Waals surface area contributed by atoms with Crippen molar-refractivity contribution in [3.8, 4) is 0 Å². The van der Waals surface area contributed by atoms with E-state index in [4.69, 9.17) is 0 Å². The summed E-state index contributed by atoms with van der Waals surface area (Å²) in [5, 5.41) is 0. The molecular formula is C7H2Br2F4OS. The SMILES string of the molecule is O=C(c1cc(Br)sc1Br)C(F)(F)C(F)F. The summed E-state index contributed by atoms with van der Waals surface area (Å²) in [5.74, 6) is -6.53. The van der Waals surface area contributed by atoms with Crippen LogP contribution in [-0.4, -0.2) is 18.1 Å². The maximum atomic E-state index is 12.7. The first-order valence-corrected chi connectivity index (χ1v) is 5.82. The van der Waals surface area contributed by atoms with Gasteiger partial charge in [-0.2, -0.15) is 8.78 Å². The van der Waals surface area contributed by atoms with Crippen LogP contribution in [-0.2, 0) is 0 Å². The van der Waals surface area contributed by atoms with Crippen LogP contribution in [0.15, 0.2) is 13.6 Å². The number of hydrogen-bond acceptors (Lipinski definition) is 2. The fourth-order valence-electron chi connectivity index (χ4n) is 0.774. The highest BCUT2D eigenvalue weighted by atomic mass is 79.9. The van der Waals surface area contributed by atoms with E-state index in [0.717, 1.165) is 17.4 Å². The van der Waals surface area contributed by atoms with E-state index in [1.807, 2.05) is 0 Å². The summed E-state index contributed by atoms with van der Waals surface area (Å²) in [4.78, 5) is 11.1. The number of carbonyl (C=O) groups is 1. The zero-order valence-corrected chi connectivity index (χ0v) is 10.7. The van der Waals surface area contributed by atoms with Gasteiger partial charge in [0.1, 0.15) is 0 Å². The molecule has 1 nitrogen and oxygen atoms in total. The highest BCUT2D eigenvalue weighted by molar-refractivity contribution is 9.12. The van der Waals surface area contributed by atoms with Gasteiger partial charge in [0, 0.05) is 0 Å². The third-order valence-electron chi connectivity index (χ3n) is 1.48. The Labute approximate surface area is 103 Å². The summed E-state index contributed by atoms with van der Waals surface area (Å²) >= 11 is 6.77. The lowest BCUT2D eigenvalue weighted by molar-refractivity contribution is -0.0958. The maximum absolute atomic E-state index is 12.7. The average molecular weight is 370 g/mol. The molecule has 0 saturated heterocycles. The van der Waals surface area contributed by atoms with Crippen molar-refractivity contribution in [2.45, 2.75) is 12.3 Å². The van der Waals surface area contributed by atoms with E-state index in [9.17, 15) is 22.4 Å². The lowest BCUT2D eigenvalue weighted by Crippen LogP contribution is -2.36. The number of Topliss-reactive ketones (excluding diaryl/α,β-unsaturated/α-hetero) is 1. The smallest absolute Gasteiger partial charge is 0.287 e. The molecule has 0 bridgehead atoms. The molecule has 0 aromatic carbocycles. The van der Waals surface area contributed by atoms with Gasteiger partial charge in [-0.15, -0.1) is 11.3 Å². The number of thiophene rings is 1. The van der Waals surface area contributed by atoms with E-state index in [-0.39, 0.29) is 3.79 Å². The summed E-state index contributed by atoms with van der Waals surface area (Å²) in [6.45, 7) is 0. The minimum absolute atomic E-state index is 0.0969. The third kappa shape index (κ3) is 2.59. The van der Waals surface area contributed by atoms with Crippen LogP contribution in [0.2, 0.25) is 0 Å². The largest absolute Gasteiger partial charge is 0.368 e. The molecule has 15 heavy (non-hydrogen) atoms. The first kappa shape index (κ1) is 13.1. The van der Waals surface area contributed by atoms with Crippen molar-refractivity contribution < 1.29 is 22.4 Å². The molecule has 0 N–H and O–H groups in total. The van der Waals surface area contributed by atoms with E-state index in [1.54, 1.807) is 0 Å². The van der Waals surface area contributed by atoms with Crippen LogP contribution in [0.25, 0.3) is 0 Å². The molecule has 0 unspecified atom stereocenters. The molecule has 8 heteroatoms. The molecule has 0 fully saturated rings. The Balaban J connectivity index is 3.10. The summed E-state index contributed by atoms with van der Waals surface area (Å²) in [5.41, 5.74) is -0.447. The predicted molar refractivity (Wildman–Crippen MR) is 55.0 cm³/mol. The summed E-state index contributed by atoms with van der Waals surface area (Å²) in [7, 11) is 0. The number of ketones is 1. The van der Waals surface area contributed by atoms with Gasteiger partial charge in [-0.25, -0.2) is 8.78 Å². The molecule has 1 rings (SSSR count). The molecule has 0 amide bonds. The van der Waals surface area contributed by atoms with E-state index in [0.29, 0.717) is 3.79 Å². The fraction of sp³-hybridized carbons (Fsp3) is 0.286. The van der Waals surface area contributed by atoms with Gasteiger partial charge in [0.2, 0.25) is 5.78 Å². The van der Waals surface area contributed by atoms with Crippen molar-refractivity contribution in [1.29, 1.82) is 0 Å². The number of alkyl halides is 4. The molecule has 0 saturated carbocycles. The van der Waals surface area contributed by atoms with Crippen molar-refractivity contribution in [2.24, 2.45) is 0 Å². The number of carbonyl (C=O) groups excluding carboxylic acids is 1. The van der Waals surface area contributed by atoms with Crippen molar-refractivity contribution in [3.63, 3.8) is 0 Å². The van der Waals surface area contributed by atoms with Crippen LogP contribution >= 0.6 is 43.2 Å². The molecular weight excluding hydrogens is 368 g/mol. The Kier molecular flexibility index (Phi) is 3.94. The quantitative estimate of drug-likeness (QED) is 0.571. The van der Waals surface area contributed by atoms with Crippen LogP contribution in [0.1, 0.15) is 10.4 Å². The van der Waals surface area contributed by atoms with Gasteiger partial charge in [-0.3, -0.25) is 4.79 Å². The van der Waals surface area contributed by atoms with E-state index in [2.05, 4.69) is 31.9 Å². The van der Waals surface area contributed by atoms with Gasteiger partial charge in [0.05, 0.1) is 13.1 Å². The lowest BCUT2D eigenvalue weighted by atomic mass is 10.1. The zero-order chi connectivity index (χ0) is 11.8. The van der Waals surface area contributed by atoms with E-state index in [1.165, 1.54) is 0 Å². The van der Waals surface area contributed by atoms with Crippen LogP contribution in [0.4, 0.5) is 17.6 Å². The Morgan fingerprint density at radius 3 is 2.27 bits per heavy atom. The molecule has 1 heterocycles. The average Bonchev–Trinajstić information content (AvgIpc) is 2.43. The van der Waals surface area contributed by atoms with Gasteiger partial charge in [-0.05, 0) is 37.9 Å². The fourth-order valence-corrected chi connectivity index (χ4v) is 3.57. The summed E-state index contributed by atoms with van der Waals surface area (Å²) in [6.07, 6.45) is -4.00. The molecule has 1 aromatic heterocycles. The van der Waals surface area contributed by atoms with Crippen LogP contribution in [0, 0.1) is 0 Å². The Bertz CT molecular complexity index is 390. The van der Waals surface area contributed by atoms with Crippen LogP contribution in [0.3, 0.4) is 0 Å². The molecule has 1 aromatic rings. The van der Waals surface area contributed by atoms with Crippen molar-refractivity contribution in [2.75, 3.05) is 0 Å². The topological polar surface area (TPSA) is 17.1 Å². The van der Waals surface area contributed by atoms with Crippen molar-refractivity contribution in [3.05, 3.63) is 19.2 Å². The second kappa shape index (κ2) is 4.50. The molecule has 0 aliphatic rings. The summed E-state index contributed by atoms with van der Waals surface area (Å²) < 4.78 is 49.7. The summed E-state index contributed by atoms with van der Waals surface area (Å²) in [6, 6.07) is 1.08. The molecule has 0 atom stereocenters. The second-order valence-corrected chi connectivity index (χ2v) is 6.24. The maximum Gasteiger partial charge on any atom is 0.368 e. The standard InChI is InChI=1S/C7H2Br2F4OS/c8-3-1-2(5(9)15-3)4(14)7(12,13)6(10)11/h1,6H. The van der Waals surface area contributed by atoms with Gasteiger partial charge < -0.3 is 0 Å². The van der Waals surface area contributed by atoms with Gasteiger partial charge in [0.15, 0.2) is 0 Å². The highest BCUT2D eigenvalue weighted by Crippen LogP contribution is 2.36. The second-order valence-electron chi connectivity index (χ2n) is 2.49. The molecule has 0 aliphatic heterocycles. The Hall–Kier alpha value is 0.0500. The Morgan fingerprint density at radius 2 is 1.93 bits per heavy atom. The predicted octanol–water partition coefficient (Wildman–Crippen LogP) is 4.36. The molecule has 0 aliphatic carbocycles. The minimum atomic E-state index is -4.65. The number of hydrogen-bond donors (Lipinski definition) is 0. The van der Waals surface area contributed by atoms with Crippen molar-refractivity contribution >= 4 is 49.0 Å². The van der Waals surface area contributed by atoms with Crippen LogP contribution in [0.5, 0.6) is 0 Å². The number of halogens is 6. The molecule has 0 spiro atoms.